The highest BCUT2D eigenvalue weighted by Gasteiger charge is 2.22. The summed E-state index contributed by atoms with van der Waals surface area (Å²) < 4.78 is 11.1. The molecule has 1 aromatic carbocycles. The van der Waals surface area contributed by atoms with E-state index in [1.54, 1.807) is 7.11 Å². The van der Waals surface area contributed by atoms with Gasteiger partial charge in [0.15, 0.2) is 11.3 Å². The molecule has 3 rings (SSSR count). The second-order valence-corrected chi connectivity index (χ2v) is 5.36. The van der Waals surface area contributed by atoms with Crippen LogP contribution in [0.4, 0.5) is 0 Å². The highest BCUT2D eigenvalue weighted by atomic mass is 16.5. The van der Waals surface area contributed by atoms with E-state index in [2.05, 4.69) is 10.6 Å². The Morgan fingerprint density at radius 1 is 1.43 bits per heavy atom. The number of rotatable bonds is 7. The molecule has 0 aliphatic heterocycles. The van der Waals surface area contributed by atoms with Gasteiger partial charge in [0.2, 0.25) is 5.91 Å². The van der Waals surface area contributed by atoms with Gasteiger partial charge in [-0.15, -0.1) is 0 Å². The highest BCUT2D eigenvalue weighted by molar-refractivity contribution is 5.83. The number of hydrogen-bond acceptors (Lipinski definition) is 4. The summed E-state index contributed by atoms with van der Waals surface area (Å²) in [5.41, 5.74) is 0.767. The molecule has 5 nitrogen and oxygen atoms in total. The highest BCUT2D eigenvalue weighted by Crippen LogP contribution is 2.28. The van der Waals surface area contributed by atoms with Crippen molar-refractivity contribution in [1.82, 2.24) is 10.6 Å². The number of carbonyl (C=O) groups excluding carboxylic acids is 1. The number of hydrogen-bond donors (Lipinski definition) is 2. The standard InChI is InChI=1S/C16H20N2O3/c1-20-14-4-2-3-11-9-13(21-16(11)14)10-17-8-7-15(19)18-12-5-6-12/h2-4,9,12,17H,5-8,10H2,1H3,(H,18,19). The van der Waals surface area contributed by atoms with Crippen molar-refractivity contribution in [2.75, 3.05) is 13.7 Å². The minimum absolute atomic E-state index is 0.122. The van der Waals surface area contributed by atoms with Crippen LogP contribution < -0.4 is 15.4 Å². The first-order valence-corrected chi connectivity index (χ1v) is 7.32. The molecule has 0 spiro atoms. The fraction of sp³-hybridized carbons (Fsp3) is 0.438. The molecule has 0 saturated heterocycles. The Kier molecular flexibility index (Phi) is 4.10. The lowest BCUT2D eigenvalue weighted by Gasteiger charge is -2.04. The van der Waals surface area contributed by atoms with E-state index in [4.69, 9.17) is 9.15 Å². The van der Waals surface area contributed by atoms with Crippen LogP contribution in [0.2, 0.25) is 0 Å². The fourth-order valence-electron chi connectivity index (χ4n) is 2.28. The molecule has 2 N–H and O–H groups in total. The molecule has 1 heterocycles. The molecule has 1 aromatic heterocycles. The van der Waals surface area contributed by atoms with Crippen LogP contribution in [0.1, 0.15) is 25.0 Å². The molecule has 1 saturated carbocycles. The Bertz CT molecular complexity index is 631. The van der Waals surface area contributed by atoms with Gasteiger partial charge in [-0.3, -0.25) is 4.79 Å². The summed E-state index contributed by atoms with van der Waals surface area (Å²) in [7, 11) is 1.63. The summed E-state index contributed by atoms with van der Waals surface area (Å²) in [6.45, 7) is 1.25. The molecule has 1 amide bonds. The van der Waals surface area contributed by atoms with Crippen molar-refractivity contribution in [3.63, 3.8) is 0 Å². The van der Waals surface area contributed by atoms with E-state index >= 15 is 0 Å². The topological polar surface area (TPSA) is 63.5 Å². The quantitative estimate of drug-likeness (QED) is 0.767. The number of ether oxygens (including phenoxy) is 1. The lowest BCUT2D eigenvalue weighted by molar-refractivity contribution is -0.121. The van der Waals surface area contributed by atoms with Crippen molar-refractivity contribution in [1.29, 1.82) is 0 Å². The number of amides is 1. The van der Waals surface area contributed by atoms with Crippen LogP contribution in [0.25, 0.3) is 11.0 Å². The second kappa shape index (κ2) is 6.18. The van der Waals surface area contributed by atoms with E-state index in [9.17, 15) is 4.79 Å². The van der Waals surface area contributed by atoms with Crippen LogP contribution in [-0.2, 0) is 11.3 Å². The van der Waals surface area contributed by atoms with Crippen LogP contribution in [0.15, 0.2) is 28.7 Å². The molecule has 1 aliphatic carbocycles. The van der Waals surface area contributed by atoms with Crippen LogP contribution in [0.5, 0.6) is 5.75 Å². The number of nitrogens with one attached hydrogen (secondary N) is 2. The number of carbonyl (C=O) groups is 1. The summed E-state index contributed by atoms with van der Waals surface area (Å²) in [5.74, 6) is 1.70. The van der Waals surface area contributed by atoms with Crippen LogP contribution in [0.3, 0.4) is 0 Å². The lowest BCUT2D eigenvalue weighted by atomic mass is 10.2. The number of fused-ring (bicyclic) bond motifs is 1. The number of benzene rings is 1. The molecule has 2 aromatic rings. The third kappa shape index (κ3) is 3.55. The Morgan fingerprint density at radius 2 is 2.29 bits per heavy atom. The van der Waals surface area contributed by atoms with Crippen molar-refractivity contribution in [3.05, 3.63) is 30.0 Å². The van der Waals surface area contributed by atoms with Gasteiger partial charge in [0.1, 0.15) is 5.76 Å². The molecule has 1 fully saturated rings. The minimum atomic E-state index is 0.122. The van der Waals surface area contributed by atoms with E-state index in [-0.39, 0.29) is 5.91 Å². The van der Waals surface area contributed by atoms with Crippen molar-refractivity contribution in [3.8, 4) is 5.75 Å². The second-order valence-electron chi connectivity index (χ2n) is 5.36. The normalized spacial score (nSPS) is 14.3. The van der Waals surface area contributed by atoms with E-state index in [1.807, 2.05) is 24.3 Å². The Labute approximate surface area is 123 Å². The van der Waals surface area contributed by atoms with Crippen LogP contribution in [-0.4, -0.2) is 25.6 Å². The molecule has 21 heavy (non-hydrogen) atoms. The largest absolute Gasteiger partial charge is 0.493 e. The van der Waals surface area contributed by atoms with Gasteiger partial charge < -0.3 is 19.8 Å². The molecule has 0 unspecified atom stereocenters. The Hall–Kier alpha value is -2.01. The summed E-state index contributed by atoms with van der Waals surface area (Å²) in [6.07, 6.45) is 2.75. The minimum Gasteiger partial charge on any atom is -0.493 e. The number of methoxy groups -OCH3 is 1. The summed E-state index contributed by atoms with van der Waals surface area (Å²) in [4.78, 5) is 11.5. The van der Waals surface area contributed by atoms with Crippen LogP contribution in [0, 0.1) is 0 Å². The maximum atomic E-state index is 11.5. The first-order valence-electron chi connectivity index (χ1n) is 7.32. The van der Waals surface area contributed by atoms with Gasteiger partial charge in [-0.25, -0.2) is 0 Å². The monoisotopic (exact) mass is 288 g/mol. The van der Waals surface area contributed by atoms with Crippen molar-refractivity contribution in [2.24, 2.45) is 0 Å². The van der Waals surface area contributed by atoms with Crippen molar-refractivity contribution in [2.45, 2.75) is 31.8 Å². The van der Waals surface area contributed by atoms with Crippen molar-refractivity contribution < 1.29 is 13.9 Å². The van der Waals surface area contributed by atoms with E-state index in [0.717, 1.165) is 35.3 Å². The van der Waals surface area contributed by atoms with Gasteiger partial charge in [-0.2, -0.15) is 0 Å². The maximum Gasteiger partial charge on any atom is 0.221 e. The Morgan fingerprint density at radius 3 is 3.05 bits per heavy atom. The van der Waals surface area contributed by atoms with Crippen LogP contribution >= 0.6 is 0 Å². The van der Waals surface area contributed by atoms with E-state index < -0.39 is 0 Å². The zero-order chi connectivity index (χ0) is 14.7. The zero-order valence-corrected chi connectivity index (χ0v) is 12.1. The predicted octanol–water partition coefficient (Wildman–Crippen LogP) is 2.20. The predicted molar refractivity (Wildman–Crippen MR) is 80.3 cm³/mol. The average Bonchev–Trinajstić information content (AvgIpc) is 3.19. The average molecular weight is 288 g/mol. The summed E-state index contributed by atoms with van der Waals surface area (Å²) in [6, 6.07) is 8.24. The SMILES string of the molecule is COc1cccc2cc(CNCCC(=O)NC3CC3)oc12. The molecule has 1 aliphatic rings. The van der Waals surface area contributed by atoms with E-state index in [0.29, 0.717) is 25.6 Å². The van der Waals surface area contributed by atoms with Gasteiger partial charge in [0.05, 0.1) is 13.7 Å². The summed E-state index contributed by atoms with van der Waals surface area (Å²) in [5, 5.41) is 7.23. The molecular formula is C16H20N2O3. The van der Waals surface area contributed by atoms with Crippen molar-refractivity contribution >= 4 is 16.9 Å². The first kappa shape index (κ1) is 13.9. The van der Waals surface area contributed by atoms with E-state index in [1.165, 1.54) is 0 Å². The molecule has 0 radical (unpaired) electrons. The van der Waals surface area contributed by atoms with Gasteiger partial charge in [-0.1, -0.05) is 12.1 Å². The first-order chi connectivity index (χ1) is 10.3. The van der Waals surface area contributed by atoms with Gasteiger partial charge in [0.25, 0.3) is 0 Å². The Balaban J connectivity index is 1.49. The smallest absolute Gasteiger partial charge is 0.221 e. The molecule has 5 heteroatoms. The maximum absolute atomic E-state index is 11.5. The third-order valence-corrected chi connectivity index (χ3v) is 3.55. The lowest BCUT2D eigenvalue weighted by Crippen LogP contribution is -2.28. The molecule has 0 bridgehead atoms. The fourth-order valence-corrected chi connectivity index (χ4v) is 2.28. The zero-order valence-electron chi connectivity index (χ0n) is 12.1. The molecule has 112 valence electrons. The van der Waals surface area contributed by atoms with Gasteiger partial charge >= 0.3 is 0 Å². The summed E-state index contributed by atoms with van der Waals surface area (Å²) >= 11 is 0. The molecule has 0 atom stereocenters. The molecular weight excluding hydrogens is 268 g/mol. The number of furan rings is 1. The number of para-hydroxylation sites is 1. The van der Waals surface area contributed by atoms with Gasteiger partial charge in [0, 0.05) is 24.4 Å². The third-order valence-electron chi connectivity index (χ3n) is 3.55. The van der Waals surface area contributed by atoms with Gasteiger partial charge in [-0.05, 0) is 25.0 Å².